The van der Waals surface area contributed by atoms with E-state index in [4.69, 9.17) is 0 Å². The molecule has 1 rings (SSSR count). The molecule has 1 aromatic rings. The SMILES string of the molecule is CCCCn1cc(Br)cc(C)c1=O. The summed E-state index contributed by atoms with van der Waals surface area (Å²) in [5.74, 6) is 0. The summed E-state index contributed by atoms with van der Waals surface area (Å²) in [4.78, 5) is 11.6. The van der Waals surface area contributed by atoms with E-state index < -0.39 is 0 Å². The number of aryl methyl sites for hydroxylation is 2. The Labute approximate surface area is 86.7 Å². The van der Waals surface area contributed by atoms with Crippen LogP contribution in [0.4, 0.5) is 0 Å². The van der Waals surface area contributed by atoms with Crippen LogP contribution in [0, 0.1) is 6.92 Å². The van der Waals surface area contributed by atoms with Gasteiger partial charge in [-0.2, -0.15) is 0 Å². The molecule has 0 saturated heterocycles. The zero-order chi connectivity index (χ0) is 9.84. The topological polar surface area (TPSA) is 22.0 Å². The lowest BCUT2D eigenvalue weighted by Gasteiger charge is -2.06. The fourth-order valence-electron chi connectivity index (χ4n) is 1.23. The maximum Gasteiger partial charge on any atom is 0.253 e. The number of rotatable bonds is 3. The van der Waals surface area contributed by atoms with E-state index in [1.165, 1.54) is 0 Å². The highest BCUT2D eigenvalue weighted by atomic mass is 79.9. The molecule has 0 fully saturated rings. The molecule has 0 spiro atoms. The van der Waals surface area contributed by atoms with Gasteiger partial charge >= 0.3 is 0 Å². The molecule has 1 aromatic heterocycles. The molecule has 72 valence electrons. The van der Waals surface area contributed by atoms with E-state index in [1.54, 1.807) is 4.57 Å². The molecule has 0 aromatic carbocycles. The van der Waals surface area contributed by atoms with Crippen molar-refractivity contribution in [3.63, 3.8) is 0 Å². The Bertz CT molecular complexity index is 343. The second-order valence-corrected chi connectivity index (χ2v) is 4.11. The van der Waals surface area contributed by atoms with Crippen LogP contribution in [0.3, 0.4) is 0 Å². The first-order valence-corrected chi connectivity index (χ1v) is 5.31. The van der Waals surface area contributed by atoms with Crippen LogP contribution in [0.5, 0.6) is 0 Å². The van der Waals surface area contributed by atoms with Crippen molar-refractivity contribution in [2.45, 2.75) is 33.2 Å². The average Bonchev–Trinajstić information content (AvgIpc) is 2.09. The Morgan fingerprint density at radius 3 is 2.85 bits per heavy atom. The van der Waals surface area contributed by atoms with Crippen molar-refractivity contribution in [3.8, 4) is 0 Å². The van der Waals surface area contributed by atoms with Gasteiger partial charge in [0.15, 0.2) is 0 Å². The van der Waals surface area contributed by atoms with Crippen LogP contribution in [0.25, 0.3) is 0 Å². The van der Waals surface area contributed by atoms with Crippen LogP contribution < -0.4 is 5.56 Å². The molecule has 0 radical (unpaired) electrons. The zero-order valence-corrected chi connectivity index (χ0v) is 9.60. The first kappa shape index (κ1) is 10.5. The Kier molecular flexibility index (Phi) is 3.72. The van der Waals surface area contributed by atoms with Crippen LogP contribution in [0.15, 0.2) is 21.5 Å². The minimum absolute atomic E-state index is 0.122. The Hall–Kier alpha value is -0.570. The van der Waals surface area contributed by atoms with Gasteiger partial charge < -0.3 is 4.57 Å². The van der Waals surface area contributed by atoms with Crippen molar-refractivity contribution in [1.29, 1.82) is 0 Å². The highest BCUT2D eigenvalue weighted by Gasteiger charge is 2.00. The number of nitrogens with zero attached hydrogens (tertiary/aromatic N) is 1. The largest absolute Gasteiger partial charge is 0.314 e. The molecule has 0 N–H and O–H groups in total. The molecule has 13 heavy (non-hydrogen) atoms. The van der Waals surface area contributed by atoms with Crippen LogP contribution >= 0.6 is 15.9 Å². The summed E-state index contributed by atoms with van der Waals surface area (Å²) in [6.07, 6.45) is 4.01. The van der Waals surface area contributed by atoms with Gasteiger partial charge in [0.2, 0.25) is 0 Å². The van der Waals surface area contributed by atoms with Crippen LogP contribution in [0.2, 0.25) is 0 Å². The molecule has 0 saturated carbocycles. The summed E-state index contributed by atoms with van der Waals surface area (Å²) in [5.41, 5.74) is 0.919. The normalized spacial score (nSPS) is 10.4. The number of hydrogen-bond donors (Lipinski definition) is 0. The molecule has 0 bridgehead atoms. The first-order valence-electron chi connectivity index (χ1n) is 4.51. The zero-order valence-electron chi connectivity index (χ0n) is 8.01. The Morgan fingerprint density at radius 1 is 1.54 bits per heavy atom. The molecule has 0 aliphatic rings. The lowest BCUT2D eigenvalue weighted by atomic mass is 10.3. The Balaban J connectivity index is 2.99. The molecule has 0 aliphatic heterocycles. The second kappa shape index (κ2) is 4.61. The quantitative estimate of drug-likeness (QED) is 0.801. The minimum Gasteiger partial charge on any atom is -0.314 e. The summed E-state index contributed by atoms with van der Waals surface area (Å²) in [6, 6.07) is 1.85. The van der Waals surface area contributed by atoms with Crippen molar-refractivity contribution in [1.82, 2.24) is 4.57 Å². The monoisotopic (exact) mass is 243 g/mol. The van der Waals surface area contributed by atoms with Gasteiger partial charge in [0.25, 0.3) is 5.56 Å². The highest BCUT2D eigenvalue weighted by molar-refractivity contribution is 9.10. The van der Waals surface area contributed by atoms with E-state index in [2.05, 4.69) is 22.9 Å². The fourth-order valence-corrected chi connectivity index (χ4v) is 1.82. The predicted molar refractivity (Wildman–Crippen MR) is 58.0 cm³/mol. The van der Waals surface area contributed by atoms with E-state index in [0.717, 1.165) is 29.4 Å². The van der Waals surface area contributed by atoms with Crippen molar-refractivity contribution in [2.75, 3.05) is 0 Å². The summed E-state index contributed by atoms with van der Waals surface area (Å²) < 4.78 is 2.74. The van der Waals surface area contributed by atoms with E-state index in [1.807, 2.05) is 19.2 Å². The van der Waals surface area contributed by atoms with Gasteiger partial charge in [0.05, 0.1) is 0 Å². The van der Waals surface area contributed by atoms with Gasteiger partial charge in [-0.05, 0) is 35.3 Å². The summed E-state index contributed by atoms with van der Waals surface area (Å²) in [6.45, 7) is 4.78. The lowest BCUT2D eigenvalue weighted by molar-refractivity contribution is 0.609. The molecular formula is C10H14BrNO. The van der Waals surface area contributed by atoms with Crippen molar-refractivity contribution in [2.24, 2.45) is 0 Å². The van der Waals surface area contributed by atoms with Crippen molar-refractivity contribution < 1.29 is 0 Å². The lowest BCUT2D eigenvalue weighted by Crippen LogP contribution is -2.21. The second-order valence-electron chi connectivity index (χ2n) is 3.19. The molecular weight excluding hydrogens is 230 g/mol. The third-order valence-corrected chi connectivity index (χ3v) is 2.42. The summed E-state index contributed by atoms with van der Waals surface area (Å²) in [5, 5.41) is 0. The molecule has 0 amide bonds. The van der Waals surface area contributed by atoms with Gasteiger partial charge in [-0.1, -0.05) is 13.3 Å². The smallest absolute Gasteiger partial charge is 0.253 e. The number of pyridine rings is 1. The maximum absolute atomic E-state index is 11.6. The predicted octanol–water partition coefficient (Wildman–Crippen LogP) is 2.72. The van der Waals surface area contributed by atoms with Crippen molar-refractivity contribution in [3.05, 3.63) is 32.7 Å². The molecule has 2 nitrogen and oxygen atoms in total. The van der Waals surface area contributed by atoms with Crippen LogP contribution in [-0.4, -0.2) is 4.57 Å². The minimum atomic E-state index is 0.122. The summed E-state index contributed by atoms with van der Waals surface area (Å²) >= 11 is 3.38. The standard InChI is InChI=1S/C10H14BrNO/c1-3-4-5-12-7-9(11)6-8(2)10(12)13/h6-7H,3-5H2,1-2H3. The molecule has 0 atom stereocenters. The van der Waals surface area contributed by atoms with Crippen molar-refractivity contribution >= 4 is 15.9 Å². The van der Waals surface area contributed by atoms with Crippen LogP contribution in [-0.2, 0) is 6.54 Å². The van der Waals surface area contributed by atoms with Crippen LogP contribution in [0.1, 0.15) is 25.3 Å². The van der Waals surface area contributed by atoms with E-state index in [-0.39, 0.29) is 5.56 Å². The van der Waals surface area contributed by atoms with E-state index in [0.29, 0.717) is 0 Å². The van der Waals surface area contributed by atoms with Gasteiger partial charge in [-0.3, -0.25) is 4.79 Å². The van der Waals surface area contributed by atoms with E-state index in [9.17, 15) is 4.79 Å². The summed E-state index contributed by atoms with van der Waals surface area (Å²) in [7, 11) is 0. The van der Waals surface area contributed by atoms with Gasteiger partial charge in [0.1, 0.15) is 0 Å². The highest BCUT2D eigenvalue weighted by Crippen LogP contribution is 2.08. The molecule has 1 heterocycles. The number of unbranched alkanes of at least 4 members (excludes halogenated alkanes) is 1. The maximum atomic E-state index is 11.6. The number of halogens is 1. The number of aromatic nitrogens is 1. The van der Waals surface area contributed by atoms with Gasteiger partial charge in [-0.25, -0.2) is 0 Å². The average molecular weight is 244 g/mol. The fraction of sp³-hybridized carbons (Fsp3) is 0.500. The molecule has 0 aliphatic carbocycles. The Morgan fingerprint density at radius 2 is 2.23 bits per heavy atom. The number of hydrogen-bond acceptors (Lipinski definition) is 1. The van der Waals surface area contributed by atoms with Gasteiger partial charge in [-0.15, -0.1) is 0 Å². The third kappa shape index (κ3) is 2.69. The van der Waals surface area contributed by atoms with E-state index >= 15 is 0 Å². The van der Waals surface area contributed by atoms with Gasteiger partial charge in [0, 0.05) is 22.8 Å². The first-order chi connectivity index (χ1) is 6.15. The molecule has 0 unspecified atom stereocenters. The third-order valence-electron chi connectivity index (χ3n) is 1.98. The molecule has 3 heteroatoms.